The number of carbonyl (C=O) groups is 1. The summed E-state index contributed by atoms with van der Waals surface area (Å²) >= 11 is 0. The van der Waals surface area contributed by atoms with Crippen LogP contribution in [0.15, 0.2) is 24.7 Å². The van der Waals surface area contributed by atoms with Crippen LogP contribution in [0.5, 0.6) is 0 Å². The van der Waals surface area contributed by atoms with Gasteiger partial charge in [0, 0.05) is 49.5 Å². The Morgan fingerprint density at radius 2 is 2.03 bits per heavy atom. The van der Waals surface area contributed by atoms with E-state index in [9.17, 15) is 23.2 Å². The van der Waals surface area contributed by atoms with E-state index < -0.39 is 11.7 Å². The molecule has 1 saturated heterocycles. The van der Waals surface area contributed by atoms with Crippen LogP contribution in [-0.2, 0) is 6.18 Å². The highest BCUT2D eigenvalue weighted by molar-refractivity contribution is 5.94. The molecule has 9 nitrogen and oxygen atoms in total. The summed E-state index contributed by atoms with van der Waals surface area (Å²) in [5.41, 5.74) is 0.0614. The predicted molar refractivity (Wildman–Crippen MR) is 119 cm³/mol. The Morgan fingerprint density at radius 3 is 2.68 bits per heavy atom. The smallest absolute Gasteiger partial charge is 0.351 e. The van der Waals surface area contributed by atoms with E-state index in [0.717, 1.165) is 25.1 Å². The number of alkyl halides is 3. The molecule has 178 valence electrons. The Morgan fingerprint density at radius 1 is 1.29 bits per heavy atom. The Bertz CT molecular complexity index is 1240. The molecule has 0 bridgehead atoms. The molecule has 1 atom stereocenters. The highest BCUT2D eigenvalue weighted by atomic mass is 19.4. The molecule has 1 unspecified atom stereocenters. The number of nitrogens with zero attached hydrogens (tertiary/aromatic N) is 5. The number of rotatable bonds is 4. The van der Waals surface area contributed by atoms with E-state index in [2.05, 4.69) is 30.6 Å². The zero-order chi connectivity index (χ0) is 24.5. The van der Waals surface area contributed by atoms with Gasteiger partial charge in [-0.05, 0) is 31.7 Å². The molecule has 1 aliphatic rings. The number of nitriles is 1. The summed E-state index contributed by atoms with van der Waals surface area (Å²) in [7, 11) is 1.60. The molecule has 0 aliphatic carbocycles. The van der Waals surface area contributed by atoms with Crippen molar-refractivity contribution in [3.8, 4) is 17.3 Å². The van der Waals surface area contributed by atoms with Gasteiger partial charge in [-0.1, -0.05) is 0 Å². The summed E-state index contributed by atoms with van der Waals surface area (Å²) in [4.78, 5) is 29.0. The molecule has 0 aromatic carbocycles. The Balaban J connectivity index is 1.59. The van der Waals surface area contributed by atoms with E-state index in [0.29, 0.717) is 18.7 Å². The first-order valence-electron chi connectivity index (χ1n) is 10.8. The maximum Gasteiger partial charge on any atom is 0.417 e. The topological polar surface area (TPSA) is 123 Å². The van der Waals surface area contributed by atoms with E-state index in [1.54, 1.807) is 11.9 Å². The number of urea groups is 1. The molecule has 3 aromatic heterocycles. The van der Waals surface area contributed by atoms with E-state index in [1.807, 2.05) is 13.0 Å². The van der Waals surface area contributed by atoms with Crippen LogP contribution in [0.25, 0.3) is 22.3 Å². The number of halogens is 3. The second-order valence-electron chi connectivity index (χ2n) is 8.20. The SMILES string of the molecule is CNC(=O)N1CCC(C(C)Nc2ncc(C#N)c(-c3c[nH]c4ncc(C(F)(F)F)cc34)n2)CC1. The lowest BCUT2D eigenvalue weighted by atomic mass is 9.90. The van der Waals surface area contributed by atoms with Gasteiger partial charge in [0.15, 0.2) is 0 Å². The number of carbonyl (C=O) groups excluding carboxylic acids is 1. The van der Waals surface area contributed by atoms with Crippen LogP contribution < -0.4 is 10.6 Å². The number of H-pyrrole nitrogens is 1. The molecule has 3 aromatic rings. The minimum atomic E-state index is -4.55. The van der Waals surface area contributed by atoms with Crippen LogP contribution >= 0.6 is 0 Å². The first-order valence-corrected chi connectivity index (χ1v) is 10.8. The first-order chi connectivity index (χ1) is 16.2. The van der Waals surface area contributed by atoms with Gasteiger partial charge in [-0.2, -0.15) is 18.4 Å². The van der Waals surface area contributed by atoms with Crippen LogP contribution in [0.1, 0.15) is 30.9 Å². The van der Waals surface area contributed by atoms with Crippen molar-refractivity contribution in [3.63, 3.8) is 0 Å². The molecule has 3 N–H and O–H groups in total. The Kier molecular flexibility index (Phi) is 6.28. The highest BCUT2D eigenvalue weighted by Gasteiger charge is 2.32. The second-order valence-corrected chi connectivity index (χ2v) is 8.20. The number of hydrogen-bond donors (Lipinski definition) is 3. The summed E-state index contributed by atoms with van der Waals surface area (Å²) in [6.07, 6.45) is 0.666. The quantitative estimate of drug-likeness (QED) is 0.531. The molecule has 34 heavy (non-hydrogen) atoms. The molecule has 0 radical (unpaired) electrons. The molecule has 1 fully saturated rings. The third-order valence-corrected chi connectivity index (χ3v) is 6.13. The summed E-state index contributed by atoms with van der Waals surface area (Å²) in [5.74, 6) is 0.541. The standard InChI is InChI=1S/C22H23F3N8O/c1-12(13-3-5-33(6-4-13)21(34)27-2)31-20-30-9-14(8-26)18(32-20)17-11-29-19-16(17)7-15(10-28-19)22(23,24)25/h7,9-13H,3-6H2,1-2H3,(H,27,34)(H,28,29)(H,30,31,32). The van der Waals surface area contributed by atoms with Gasteiger partial charge in [-0.25, -0.2) is 19.7 Å². The summed E-state index contributed by atoms with van der Waals surface area (Å²) in [6.45, 7) is 3.27. The molecule has 4 heterocycles. The minimum Gasteiger partial charge on any atom is -0.351 e. The number of aromatic amines is 1. The lowest BCUT2D eigenvalue weighted by Gasteiger charge is -2.34. The summed E-state index contributed by atoms with van der Waals surface area (Å²) in [5, 5.41) is 15.6. The number of piperidine rings is 1. The Hall–Kier alpha value is -3.88. The molecule has 12 heteroatoms. The zero-order valence-corrected chi connectivity index (χ0v) is 18.6. The van der Waals surface area contributed by atoms with Crippen molar-refractivity contribution < 1.29 is 18.0 Å². The normalized spacial score (nSPS) is 15.7. The van der Waals surface area contributed by atoms with Crippen LogP contribution in [0.4, 0.5) is 23.9 Å². The molecular formula is C22H23F3N8O. The van der Waals surface area contributed by atoms with Gasteiger partial charge in [0.25, 0.3) is 0 Å². The van der Waals surface area contributed by atoms with Crippen LogP contribution in [-0.4, -0.2) is 57.0 Å². The fourth-order valence-electron chi connectivity index (χ4n) is 4.17. The Labute approximate surface area is 193 Å². The predicted octanol–water partition coefficient (Wildman–Crippen LogP) is 3.76. The summed E-state index contributed by atoms with van der Waals surface area (Å²) < 4.78 is 39.6. The third kappa shape index (κ3) is 4.59. The minimum absolute atomic E-state index is 0.0194. The number of anilines is 1. The molecule has 2 amide bonds. The van der Waals surface area contributed by atoms with Crippen molar-refractivity contribution in [2.45, 2.75) is 32.0 Å². The largest absolute Gasteiger partial charge is 0.417 e. The zero-order valence-electron chi connectivity index (χ0n) is 18.6. The van der Waals surface area contributed by atoms with Crippen LogP contribution in [0.2, 0.25) is 0 Å². The number of fused-ring (bicyclic) bond motifs is 1. The molecule has 0 saturated carbocycles. The van der Waals surface area contributed by atoms with Gasteiger partial charge in [0.05, 0.1) is 23.0 Å². The molecule has 0 spiro atoms. The van der Waals surface area contributed by atoms with Gasteiger partial charge >= 0.3 is 12.2 Å². The lowest BCUT2D eigenvalue weighted by Crippen LogP contribution is -2.45. The van der Waals surface area contributed by atoms with E-state index in [4.69, 9.17) is 0 Å². The first kappa shape index (κ1) is 23.3. The number of pyridine rings is 1. The van der Waals surface area contributed by atoms with Gasteiger partial charge in [0.2, 0.25) is 5.95 Å². The van der Waals surface area contributed by atoms with Crippen molar-refractivity contribution in [2.24, 2.45) is 5.92 Å². The second kappa shape index (κ2) is 9.17. The van der Waals surface area contributed by atoms with Crippen LogP contribution in [0, 0.1) is 17.2 Å². The van der Waals surface area contributed by atoms with Crippen molar-refractivity contribution in [2.75, 3.05) is 25.5 Å². The fourth-order valence-corrected chi connectivity index (χ4v) is 4.17. The van der Waals surface area contributed by atoms with Gasteiger partial charge in [-0.15, -0.1) is 0 Å². The van der Waals surface area contributed by atoms with Crippen molar-refractivity contribution >= 4 is 23.0 Å². The van der Waals surface area contributed by atoms with Gasteiger partial charge in [0.1, 0.15) is 11.7 Å². The number of aromatic nitrogens is 4. The van der Waals surface area contributed by atoms with Crippen molar-refractivity contribution in [3.05, 3.63) is 35.8 Å². The van der Waals surface area contributed by atoms with E-state index >= 15 is 0 Å². The number of likely N-dealkylation sites (tertiary alicyclic amines) is 1. The van der Waals surface area contributed by atoms with Gasteiger partial charge in [-0.3, -0.25) is 0 Å². The van der Waals surface area contributed by atoms with Crippen molar-refractivity contribution in [1.29, 1.82) is 5.26 Å². The van der Waals surface area contributed by atoms with Crippen LogP contribution in [0.3, 0.4) is 0 Å². The lowest BCUT2D eigenvalue weighted by molar-refractivity contribution is -0.137. The third-order valence-electron chi connectivity index (χ3n) is 6.13. The number of hydrogen-bond acceptors (Lipinski definition) is 6. The highest BCUT2D eigenvalue weighted by Crippen LogP contribution is 2.35. The van der Waals surface area contributed by atoms with Gasteiger partial charge < -0.3 is 20.5 Å². The molecule has 4 rings (SSSR count). The average Bonchev–Trinajstić information content (AvgIpc) is 3.26. The molecule has 1 aliphatic heterocycles. The number of nitrogens with one attached hydrogen (secondary N) is 3. The summed E-state index contributed by atoms with van der Waals surface area (Å²) in [6, 6.07) is 2.88. The maximum atomic E-state index is 13.2. The van der Waals surface area contributed by atoms with E-state index in [-0.39, 0.29) is 46.2 Å². The van der Waals surface area contributed by atoms with Crippen molar-refractivity contribution in [1.82, 2.24) is 30.2 Å². The average molecular weight is 472 g/mol. The monoisotopic (exact) mass is 472 g/mol. The number of amides is 2. The fraction of sp³-hybridized carbons (Fsp3) is 0.409. The maximum absolute atomic E-state index is 13.2. The van der Waals surface area contributed by atoms with E-state index in [1.165, 1.54) is 12.4 Å². The molecular weight excluding hydrogens is 449 g/mol.